The minimum absolute atomic E-state index is 0.132. The maximum absolute atomic E-state index is 12.5. The Labute approximate surface area is 192 Å². The third-order valence-corrected chi connectivity index (χ3v) is 7.01. The molecule has 2 aromatic carbocycles. The Bertz CT molecular complexity index is 992. The van der Waals surface area contributed by atoms with Gasteiger partial charge >= 0.3 is 0 Å². The number of aryl methyl sites for hydroxylation is 2. The van der Waals surface area contributed by atoms with Gasteiger partial charge in [0.05, 0.1) is 24.6 Å². The molecule has 1 aliphatic carbocycles. The minimum atomic E-state index is -3.47. The van der Waals surface area contributed by atoms with Crippen LogP contribution in [0.2, 0.25) is 0 Å². The highest BCUT2D eigenvalue weighted by Gasteiger charge is 2.21. The summed E-state index contributed by atoms with van der Waals surface area (Å²) in [5, 5.41) is 2.92. The van der Waals surface area contributed by atoms with Gasteiger partial charge in [-0.1, -0.05) is 43.2 Å². The molecule has 1 aliphatic rings. The SMILES string of the molecule is Cc1cccc(C)c1N(Cc1ccc(C(=O)NCCCOC2CCCC2)cc1)S(C)(=O)=O. The van der Waals surface area contributed by atoms with Crippen LogP contribution in [-0.4, -0.2) is 39.8 Å². The Morgan fingerprint density at radius 1 is 1.06 bits per heavy atom. The molecule has 0 aliphatic heterocycles. The topological polar surface area (TPSA) is 75.7 Å². The molecule has 3 rings (SSSR count). The zero-order chi connectivity index (χ0) is 23.1. The van der Waals surface area contributed by atoms with Crippen molar-refractivity contribution in [2.24, 2.45) is 0 Å². The van der Waals surface area contributed by atoms with Gasteiger partial charge in [0.2, 0.25) is 10.0 Å². The minimum Gasteiger partial charge on any atom is -0.378 e. The first kappa shape index (κ1) is 24.3. The number of anilines is 1. The molecule has 0 unspecified atom stereocenters. The molecule has 0 bridgehead atoms. The van der Waals surface area contributed by atoms with E-state index >= 15 is 0 Å². The van der Waals surface area contributed by atoms with Gasteiger partial charge in [-0.3, -0.25) is 9.10 Å². The number of hydrogen-bond acceptors (Lipinski definition) is 4. The van der Waals surface area contributed by atoms with E-state index in [-0.39, 0.29) is 12.5 Å². The standard InChI is InChI=1S/C25H34N2O4S/c1-19-8-6-9-20(2)24(19)27(32(3,29)30)18-21-12-14-22(15-13-21)25(28)26-16-7-17-31-23-10-4-5-11-23/h6,8-9,12-15,23H,4-5,7,10-11,16-18H2,1-3H3,(H,26,28). The molecule has 1 amide bonds. The van der Waals surface area contributed by atoms with Crippen molar-refractivity contribution >= 4 is 21.6 Å². The Morgan fingerprint density at radius 3 is 2.28 bits per heavy atom. The third-order valence-electron chi connectivity index (χ3n) is 5.89. The monoisotopic (exact) mass is 458 g/mol. The second-order valence-corrected chi connectivity index (χ2v) is 10.5. The summed E-state index contributed by atoms with van der Waals surface area (Å²) in [5.41, 5.74) is 3.89. The van der Waals surface area contributed by atoms with Crippen molar-refractivity contribution in [2.45, 2.75) is 58.6 Å². The van der Waals surface area contributed by atoms with E-state index < -0.39 is 10.0 Å². The summed E-state index contributed by atoms with van der Waals surface area (Å²) < 4.78 is 32.3. The van der Waals surface area contributed by atoms with Crippen LogP contribution >= 0.6 is 0 Å². The van der Waals surface area contributed by atoms with Gasteiger partial charge in [0, 0.05) is 18.7 Å². The average molecular weight is 459 g/mol. The quantitative estimate of drug-likeness (QED) is 0.537. The molecule has 32 heavy (non-hydrogen) atoms. The number of sulfonamides is 1. The number of amides is 1. The predicted molar refractivity (Wildman–Crippen MR) is 129 cm³/mol. The molecule has 2 aromatic rings. The number of nitrogens with zero attached hydrogens (tertiary/aromatic N) is 1. The van der Waals surface area contributed by atoms with Crippen molar-refractivity contribution in [3.8, 4) is 0 Å². The van der Waals surface area contributed by atoms with Crippen LogP contribution in [0.15, 0.2) is 42.5 Å². The average Bonchev–Trinajstić information content (AvgIpc) is 3.26. The molecule has 1 saturated carbocycles. The number of benzene rings is 2. The molecule has 7 heteroatoms. The number of rotatable bonds is 10. The number of nitrogens with one attached hydrogen (secondary N) is 1. The maximum Gasteiger partial charge on any atom is 0.251 e. The first-order valence-corrected chi connectivity index (χ1v) is 13.1. The summed E-state index contributed by atoms with van der Waals surface area (Å²) in [6, 6.07) is 12.8. The number of carbonyl (C=O) groups excluding carboxylic acids is 1. The summed E-state index contributed by atoms with van der Waals surface area (Å²) in [6.07, 6.45) is 7.22. The van der Waals surface area contributed by atoms with E-state index in [2.05, 4.69) is 5.32 Å². The van der Waals surface area contributed by atoms with Crippen molar-refractivity contribution in [3.63, 3.8) is 0 Å². The van der Waals surface area contributed by atoms with Crippen LogP contribution in [0.3, 0.4) is 0 Å². The maximum atomic E-state index is 12.5. The Balaban J connectivity index is 1.57. The van der Waals surface area contributed by atoms with Gasteiger partial charge in [-0.2, -0.15) is 0 Å². The fourth-order valence-electron chi connectivity index (χ4n) is 4.17. The van der Waals surface area contributed by atoms with Gasteiger partial charge in [0.15, 0.2) is 0 Å². The molecule has 0 atom stereocenters. The fourth-order valence-corrected chi connectivity index (χ4v) is 5.17. The van der Waals surface area contributed by atoms with Crippen molar-refractivity contribution in [2.75, 3.05) is 23.7 Å². The number of carbonyl (C=O) groups is 1. The lowest BCUT2D eigenvalue weighted by Gasteiger charge is -2.26. The summed E-state index contributed by atoms with van der Waals surface area (Å²) >= 11 is 0. The summed E-state index contributed by atoms with van der Waals surface area (Å²) in [6.45, 7) is 5.27. The number of ether oxygens (including phenoxy) is 1. The van der Waals surface area contributed by atoms with E-state index in [0.717, 1.165) is 36.0 Å². The molecule has 0 spiro atoms. The van der Waals surface area contributed by atoms with E-state index in [1.54, 1.807) is 12.1 Å². The predicted octanol–water partition coefficient (Wildman–Crippen LogP) is 4.35. The molecule has 0 radical (unpaired) electrons. The van der Waals surface area contributed by atoms with E-state index in [9.17, 15) is 13.2 Å². The molecule has 1 fully saturated rings. The van der Waals surface area contributed by atoms with Crippen molar-refractivity contribution in [1.29, 1.82) is 0 Å². The Kier molecular flexibility index (Phi) is 8.32. The highest BCUT2D eigenvalue weighted by atomic mass is 32.2. The van der Waals surface area contributed by atoms with Gasteiger partial charge in [-0.15, -0.1) is 0 Å². The number of para-hydroxylation sites is 1. The van der Waals surface area contributed by atoms with Gasteiger partial charge < -0.3 is 10.1 Å². The molecule has 0 heterocycles. The lowest BCUT2D eigenvalue weighted by molar-refractivity contribution is 0.0565. The van der Waals surface area contributed by atoms with Gasteiger partial charge in [0.1, 0.15) is 0 Å². The van der Waals surface area contributed by atoms with Crippen LogP contribution in [-0.2, 0) is 21.3 Å². The molecule has 1 N–H and O–H groups in total. The second-order valence-electron chi connectivity index (χ2n) is 8.59. The van der Waals surface area contributed by atoms with Crippen molar-refractivity contribution < 1.29 is 17.9 Å². The van der Waals surface area contributed by atoms with Gasteiger partial charge in [-0.05, 0) is 61.9 Å². The number of hydrogen-bond donors (Lipinski definition) is 1. The highest BCUT2D eigenvalue weighted by molar-refractivity contribution is 7.92. The van der Waals surface area contributed by atoms with Crippen molar-refractivity contribution in [1.82, 2.24) is 5.32 Å². The highest BCUT2D eigenvalue weighted by Crippen LogP contribution is 2.28. The molecule has 0 aromatic heterocycles. The second kappa shape index (κ2) is 11.0. The smallest absolute Gasteiger partial charge is 0.251 e. The van der Waals surface area contributed by atoms with Gasteiger partial charge in [0.25, 0.3) is 5.91 Å². The van der Waals surface area contributed by atoms with E-state index in [0.29, 0.717) is 30.5 Å². The first-order chi connectivity index (χ1) is 15.3. The van der Waals surface area contributed by atoms with Crippen LogP contribution in [0, 0.1) is 13.8 Å². The van der Waals surface area contributed by atoms with Crippen LogP contribution in [0.25, 0.3) is 0 Å². The molecule has 6 nitrogen and oxygen atoms in total. The zero-order valence-corrected chi connectivity index (χ0v) is 20.1. The summed E-state index contributed by atoms with van der Waals surface area (Å²) in [4.78, 5) is 12.4. The van der Waals surface area contributed by atoms with Crippen LogP contribution in [0.5, 0.6) is 0 Å². The van der Waals surface area contributed by atoms with Gasteiger partial charge in [-0.25, -0.2) is 8.42 Å². The molecule has 174 valence electrons. The van der Waals surface area contributed by atoms with E-state index in [4.69, 9.17) is 4.74 Å². The third kappa shape index (κ3) is 6.56. The Morgan fingerprint density at radius 2 is 1.69 bits per heavy atom. The lowest BCUT2D eigenvalue weighted by atomic mass is 10.1. The molecular weight excluding hydrogens is 424 g/mol. The Hall–Kier alpha value is -2.38. The normalized spacial score (nSPS) is 14.5. The van der Waals surface area contributed by atoms with Crippen LogP contribution in [0.4, 0.5) is 5.69 Å². The van der Waals surface area contributed by atoms with Crippen molar-refractivity contribution in [3.05, 3.63) is 64.7 Å². The largest absolute Gasteiger partial charge is 0.378 e. The molecule has 0 saturated heterocycles. The zero-order valence-electron chi connectivity index (χ0n) is 19.3. The van der Waals surface area contributed by atoms with Crippen LogP contribution < -0.4 is 9.62 Å². The lowest BCUT2D eigenvalue weighted by Crippen LogP contribution is -2.30. The molecular formula is C25H34N2O4S. The van der Waals surface area contributed by atoms with E-state index in [1.807, 2.05) is 44.2 Å². The first-order valence-electron chi connectivity index (χ1n) is 11.3. The fraction of sp³-hybridized carbons (Fsp3) is 0.480. The summed E-state index contributed by atoms with van der Waals surface area (Å²) in [5.74, 6) is -0.132. The van der Waals surface area contributed by atoms with Crippen LogP contribution in [0.1, 0.15) is 59.2 Å². The van der Waals surface area contributed by atoms with E-state index in [1.165, 1.54) is 23.4 Å². The summed E-state index contributed by atoms with van der Waals surface area (Å²) in [7, 11) is -3.47.